The quantitative estimate of drug-likeness (QED) is 0.237. The molecule has 0 radical (unpaired) electrons. The average Bonchev–Trinajstić information content (AvgIpc) is 3.38. The van der Waals surface area contributed by atoms with Crippen LogP contribution in [0.1, 0.15) is 68.6 Å². The molecular weight excluding hydrogens is 618 g/mol. The number of halogens is 8. The zero-order valence-electron chi connectivity index (χ0n) is 23.9. The number of nitrogens with zero attached hydrogens (tertiary/aromatic N) is 1. The lowest BCUT2D eigenvalue weighted by molar-refractivity contribution is -0.348. The van der Waals surface area contributed by atoms with Gasteiger partial charge in [0.2, 0.25) is 5.91 Å². The molecule has 2 fully saturated rings. The second-order valence-corrected chi connectivity index (χ2v) is 14.4. The number of hydrogen-bond donors (Lipinski definition) is 0. The number of carbonyl (C=O) groups excluding carboxylic acids is 1. The SMILES string of the molecule is CCC(C(=O)N1CC2CCc3cc(C(F)(C(F)(F)F)C(F)(F)F)ccc3C2(S(=O)(=O)c2ccc(F)cc2)C1)C1CCCCC1. The first-order chi connectivity index (χ1) is 20.5. The Morgan fingerprint density at radius 1 is 0.932 bits per heavy atom. The third-order valence-electron chi connectivity index (χ3n) is 9.92. The van der Waals surface area contributed by atoms with Crippen LogP contribution in [0, 0.1) is 23.6 Å². The molecule has 2 aromatic rings. The molecule has 1 heterocycles. The van der Waals surface area contributed by atoms with Crippen LogP contribution < -0.4 is 0 Å². The highest BCUT2D eigenvalue weighted by atomic mass is 32.2. The van der Waals surface area contributed by atoms with Crippen LogP contribution in [-0.2, 0) is 31.5 Å². The van der Waals surface area contributed by atoms with Crippen LogP contribution in [0.15, 0.2) is 47.4 Å². The molecule has 5 rings (SSSR count). The van der Waals surface area contributed by atoms with Gasteiger partial charge >= 0.3 is 18.0 Å². The lowest BCUT2D eigenvalue weighted by Crippen LogP contribution is -2.51. The van der Waals surface area contributed by atoms with E-state index in [1.807, 2.05) is 6.92 Å². The molecule has 2 aromatic carbocycles. The summed E-state index contributed by atoms with van der Waals surface area (Å²) in [5, 5.41) is 0. The normalized spacial score (nSPS) is 24.1. The fourth-order valence-electron chi connectivity index (χ4n) is 7.69. The smallest absolute Gasteiger partial charge is 0.340 e. The molecule has 3 atom stereocenters. The fourth-order valence-corrected chi connectivity index (χ4v) is 10.0. The van der Waals surface area contributed by atoms with Crippen molar-refractivity contribution >= 4 is 15.7 Å². The highest BCUT2D eigenvalue weighted by Crippen LogP contribution is 2.57. The number of fused-ring (bicyclic) bond motifs is 3. The summed E-state index contributed by atoms with van der Waals surface area (Å²) < 4.78 is 137. The van der Waals surface area contributed by atoms with Crippen LogP contribution in [-0.4, -0.2) is 44.7 Å². The summed E-state index contributed by atoms with van der Waals surface area (Å²) in [7, 11) is -4.52. The summed E-state index contributed by atoms with van der Waals surface area (Å²) in [5.74, 6) is -1.96. The van der Waals surface area contributed by atoms with Crippen LogP contribution in [0.4, 0.5) is 35.1 Å². The van der Waals surface area contributed by atoms with Crippen LogP contribution in [0.5, 0.6) is 0 Å². The standard InChI is InChI=1S/C31H33F8NO3S/c1-2-25(19-6-4-3-5-7-19)27(41)40-17-22-9-8-20-16-21(29(33,30(34,35)36)31(37,38)39)10-15-26(20)28(22,18-40)44(42,43)24-13-11-23(32)12-14-24/h10-16,19,22,25H,2-9,17-18H2,1H3. The molecule has 0 bridgehead atoms. The minimum atomic E-state index is -6.33. The lowest BCUT2D eigenvalue weighted by atomic mass is 9.75. The van der Waals surface area contributed by atoms with Crippen molar-refractivity contribution in [3.63, 3.8) is 0 Å². The summed E-state index contributed by atoms with van der Waals surface area (Å²) >= 11 is 0. The van der Waals surface area contributed by atoms with Gasteiger partial charge in [-0.3, -0.25) is 4.79 Å². The Bertz CT molecular complexity index is 1490. The molecule has 0 spiro atoms. The van der Waals surface area contributed by atoms with E-state index in [0.29, 0.717) is 18.6 Å². The summed E-state index contributed by atoms with van der Waals surface area (Å²) in [6.45, 7) is 1.51. The van der Waals surface area contributed by atoms with E-state index in [0.717, 1.165) is 62.4 Å². The largest absolute Gasteiger partial charge is 0.435 e. The third-order valence-corrected chi connectivity index (χ3v) is 12.5. The highest BCUT2D eigenvalue weighted by molar-refractivity contribution is 7.92. The number of amides is 1. The molecule has 2 aliphatic carbocycles. The topological polar surface area (TPSA) is 54.5 Å². The van der Waals surface area contributed by atoms with E-state index >= 15 is 4.39 Å². The molecule has 44 heavy (non-hydrogen) atoms. The zero-order chi connectivity index (χ0) is 32.3. The maximum atomic E-state index is 15.0. The minimum Gasteiger partial charge on any atom is -0.340 e. The van der Waals surface area contributed by atoms with E-state index in [9.17, 15) is 43.9 Å². The monoisotopic (exact) mass is 651 g/mol. The average molecular weight is 652 g/mol. The van der Waals surface area contributed by atoms with Gasteiger partial charge < -0.3 is 4.90 Å². The Hall–Kier alpha value is -2.70. The van der Waals surface area contributed by atoms with Crippen LogP contribution in [0.25, 0.3) is 0 Å². The van der Waals surface area contributed by atoms with Crippen LogP contribution in [0.2, 0.25) is 0 Å². The van der Waals surface area contributed by atoms with Crippen molar-refractivity contribution < 1.29 is 48.3 Å². The van der Waals surface area contributed by atoms with E-state index in [1.165, 1.54) is 4.90 Å². The molecule has 0 aromatic heterocycles. The summed E-state index contributed by atoms with van der Waals surface area (Å²) in [6.07, 6.45) is -7.53. The molecular formula is C31H33F8NO3S. The highest BCUT2D eigenvalue weighted by Gasteiger charge is 2.73. The number of alkyl halides is 7. The second-order valence-electron chi connectivity index (χ2n) is 12.2. The molecule has 0 N–H and O–H groups in total. The Morgan fingerprint density at radius 3 is 2.11 bits per heavy atom. The van der Waals surface area contributed by atoms with Gasteiger partial charge in [-0.1, -0.05) is 44.4 Å². The number of aryl methyl sites for hydroxylation is 1. The van der Waals surface area contributed by atoms with Crippen molar-refractivity contribution in [1.82, 2.24) is 4.90 Å². The fraction of sp³-hybridized carbons (Fsp3) is 0.581. The van der Waals surface area contributed by atoms with Gasteiger partial charge in [0, 0.05) is 30.5 Å². The molecule has 3 unspecified atom stereocenters. The van der Waals surface area contributed by atoms with E-state index in [2.05, 4.69) is 0 Å². The van der Waals surface area contributed by atoms with Gasteiger partial charge in [-0.2, -0.15) is 26.3 Å². The van der Waals surface area contributed by atoms with Gasteiger partial charge in [0.05, 0.1) is 4.90 Å². The maximum absolute atomic E-state index is 15.0. The van der Waals surface area contributed by atoms with E-state index in [4.69, 9.17) is 0 Å². The van der Waals surface area contributed by atoms with Gasteiger partial charge in [-0.05, 0) is 73.4 Å². The number of hydrogen-bond acceptors (Lipinski definition) is 3. The van der Waals surface area contributed by atoms with E-state index in [1.54, 1.807) is 0 Å². The summed E-state index contributed by atoms with van der Waals surface area (Å²) in [4.78, 5) is 15.1. The van der Waals surface area contributed by atoms with E-state index < -0.39 is 49.9 Å². The molecule has 242 valence electrons. The molecule has 3 aliphatic rings. The Kier molecular flexibility index (Phi) is 8.38. The van der Waals surface area contributed by atoms with Crippen molar-refractivity contribution in [3.8, 4) is 0 Å². The molecule has 4 nitrogen and oxygen atoms in total. The molecule has 1 saturated heterocycles. The maximum Gasteiger partial charge on any atom is 0.435 e. The summed E-state index contributed by atoms with van der Waals surface area (Å²) in [6, 6.07) is 5.57. The van der Waals surface area contributed by atoms with Gasteiger partial charge in [-0.15, -0.1) is 0 Å². The lowest BCUT2D eigenvalue weighted by Gasteiger charge is -2.40. The van der Waals surface area contributed by atoms with E-state index in [-0.39, 0.29) is 59.7 Å². The first kappa shape index (κ1) is 32.7. The predicted octanol–water partition coefficient (Wildman–Crippen LogP) is 7.80. The Morgan fingerprint density at radius 2 is 1.55 bits per heavy atom. The molecule has 1 aliphatic heterocycles. The van der Waals surface area contributed by atoms with Gasteiger partial charge in [0.25, 0.3) is 0 Å². The number of carbonyl (C=O) groups is 1. The van der Waals surface area contributed by atoms with Crippen LogP contribution >= 0.6 is 0 Å². The van der Waals surface area contributed by atoms with Gasteiger partial charge in [-0.25, -0.2) is 17.2 Å². The summed E-state index contributed by atoms with van der Waals surface area (Å²) in [5.41, 5.74) is -7.62. The Balaban J connectivity index is 1.65. The van der Waals surface area contributed by atoms with Crippen molar-refractivity contribution in [2.45, 2.75) is 86.0 Å². The molecule has 1 amide bonds. The number of benzene rings is 2. The molecule has 13 heteroatoms. The number of likely N-dealkylation sites (tertiary alicyclic amines) is 1. The second kappa shape index (κ2) is 11.3. The predicted molar refractivity (Wildman–Crippen MR) is 145 cm³/mol. The van der Waals surface area contributed by atoms with Gasteiger partial charge in [0.1, 0.15) is 10.6 Å². The minimum absolute atomic E-state index is 0.0121. The van der Waals surface area contributed by atoms with Gasteiger partial charge in [0.15, 0.2) is 9.84 Å². The number of rotatable bonds is 6. The van der Waals surface area contributed by atoms with Crippen LogP contribution in [0.3, 0.4) is 0 Å². The van der Waals surface area contributed by atoms with Crippen molar-refractivity contribution in [2.24, 2.45) is 17.8 Å². The van der Waals surface area contributed by atoms with Crippen molar-refractivity contribution in [2.75, 3.05) is 13.1 Å². The first-order valence-electron chi connectivity index (χ1n) is 14.7. The van der Waals surface area contributed by atoms with Crippen molar-refractivity contribution in [1.29, 1.82) is 0 Å². The number of sulfone groups is 1. The third kappa shape index (κ3) is 5.01. The Labute approximate surface area is 250 Å². The molecule has 1 saturated carbocycles. The zero-order valence-corrected chi connectivity index (χ0v) is 24.8. The van der Waals surface area contributed by atoms with Crippen molar-refractivity contribution in [3.05, 3.63) is 65.0 Å². The first-order valence-corrected chi connectivity index (χ1v) is 16.2.